The molecule has 2 aromatic heterocycles. The Hall–Kier alpha value is -4.14. The number of hydrogen-bond donors (Lipinski definition) is 2. The van der Waals surface area contributed by atoms with Crippen LogP contribution < -0.4 is 15.5 Å². The molecule has 9 nitrogen and oxygen atoms in total. The standard InChI is InChI=1S/C26H30N8O/c1-32(2)21-11-6-10-20(16-21)29-26-30-24(27-17-19-8-4-3-5-9-19)23-25(31-26)34(18-28-23)15-14-33-13-7-12-22(33)35/h3-6,8-11,16,18H,7,12-15,17H2,1-2H3,(H2,27,29,30,31). The highest BCUT2D eigenvalue weighted by Crippen LogP contribution is 2.25. The zero-order valence-corrected chi connectivity index (χ0v) is 20.1. The number of amides is 1. The summed E-state index contributed by atoms with van der Waals surface area (Å²) >= 11 is 0. The van der Waals surface area contributed by atoms with Crippen molar-refractivity contribution < 1.29 is 4.79 Å². The summed E-state index contributed by atoms with van der Waals surface area (Å²) in [6.07, 6.45) is 3.35. The molecule has 0 unspecified atom stereocenters. The predicted octanol–water partition coefficient (Wildman–Crippen LogP) is 3.87. The fourth-order valence-electron chi connectivity index (χ4n) is 4.23. The molecule has 3 heterocycles. The molecule has 1 saturated heterocycles. The molecule has 0 spiro atoms. The number of nitrogens with zero attached hydrogens (tertiary/aromatic N) is 6. The number of fused-ring (bicyclic) bond motifs is 1. The van der Waals surface area contributed by atoms with Gasteiger partial charge in [0, 0.05) is 58.1 Å². The van der Waals surface area contributed by atoms with Crippen LogP contribution in [0.2, 0.25) is 0 Å². The van der Waals surface area contributed by atoms with Crippen molar-refractivity contribution in [3.8, 4) is 0 Å². The second-order valence-corrected chi connectivity index (χ2v) is 8.90. The van der Waals surface area contributed by atoms with Gasteiger partial charge in [-0.15, -0.1) is 0 Å². The Kier molecular flexibility index (Phi) is 6.47. The quantitative estimate of drug-likeness (QED) is 0.384. The second-order valence-electron chi connectivity index (χ2n) is 8.90. The third kappa shape index (κ3) is 5.18. The molecule has 1 aliphatic heterocycles. The Labute approximate surface area is 204 Å². The molecule has 1 amide bonds. The fourth-order valence-corrected chi connectivity index (χ4v) is 4.23. The molecule has 0 radical (unpaired) electrons. The third-order valence-corrected chi connectivity index (χ3v) is 6.17. The SMILES string of the molecule is CN(C)c1cccc(Nc2nc(NCc3ccccc3)c3ncn(CCN4CCCC4=O)c3n2)c1. The van der Waals surface area contributed by atoms with Crippen molar-refractivity contribution in [3.63, 3.8) is 0 Å². The fraction of sp³-hybridized carbons (Fsp3) is 0.308. The van der Waals surface area contributed by atoms with Gasteiger partial charge >= 0.3 is 0 Å². The molecule has 0 aliphatic carbocycles. The van der Waals surface area contributed by atoms with E-state index in [0.29, 0.717) is 43.3 Å². The average molecular weight is 471 g/mol. The summed E-state index contributed by atoms with van der Waals surface area (Å²) in [5, 5.41) is 6.79. The predicted molar refractivity (Wildman–Crippen MR) is 139 cm³/mol. The molecule has 0 bridgehead atoms. The maximum absolute atomic E-state index is 12.1. The molecule has 0 saturated carbocycles. The highest BCUT2D eigenvalue weighted by atomic mass is 16.2. The first-order valence-electron chi connectivity index (χ1n) is 11.9. The van der Waals surface area contributed by atoms with E-state index in [1.165, 1.54) is 0 Å². The van der Waals surface area contributed by atoms with Crippen molar-refractivity contribution in [2.45, 2.75) is 25.9 Å². The second kappa shape index (κ2) is 10.0. The van der Waals surface area contributed by atoms with E-state index in [9.17, 15) is 4.79 Å². The number of likely N-dealkylation sites (tertiary alicyclic amines) is 1. The minimum Gasteiger partial charge on any atom is -0.378 e. The van der Waals surface area contributed by atoms with E-state index < -0.39 is 0 Å². The monoisotopic (exact) mass is 470 g/mol. The van der Waals surface area contributed by atoms with Crippen LogP contribution in [0.1, 0.15) is 18.4 Å². The number of nitrogens with one attached hydrogen (secondary N) is 2. The number of hydrogen-bond acceptors (Lipinski definition) is 7. The molecule has 0 atom stereocenters. The van der Waals surface area contributed by atoms with E-state index in [0.717, 1.165) is 35.6 Å². The number of imidazole rings is 1. The van der Waals surface area contributed by atoms with Crippen LogP contribution in [0.25, 0.3) is 11.2 Å². The summed E-state index contributed by atoms with van der Waals surface area (Å²) in [7, 11) is 4.02. The summed E-state index contributed by atoms with van der Waals surface area (Å²) in [5.74, 6) is 1.38. The van der Waals surface area contributed by atoms with Gasteiger partial charge in [-0.05, 0) is 30.2 Å². The first kappa shape index (κ1) is 22.6. The maximum atomic E-state index is 12.1. The molecular weight excluding hydrogens is 440 g/mol. The molecule has 4 aromatic rings. The van der Waals surface area contributed by atoms with Crippen molar-refractivity contribution in [1.29, 1.82) is 0 Å². The highest BCUT2D eigenvalue weighted by molar-refractivity contribution is 5.85. The van der Waals surface area contributed by atoms with Gasteiger partial charge in [0.15, 0.2) is 17.0 Å². The van der Waals surface area contributed by atoms with Crippen LogP contribution >= 0.6 is 0 Å². The van der Waals surface area contributed by atoms with Crippen molar-refractivity contribution in [3.05, 3.63) is 66.5 Å². The Morgan fingerprint density at radius 3 is 2.66 bits per heavy atom. The van der Waals surface area contributed by atoms with Crippen LogP contribution in [0.15, 0.2) is 60.9 Å². The lowest BCUT2D eigenvalue weighted by atomic mass is 10.2. The van der Waals surface area contributed by atoms with Crippen LogP contribution in [-0.4, -0.2) is 57.5 Å². The van der Waals surface area contributed by atoms with E-state index >= 15 is 0 Å². The average Bonchev–Trinajstić information content (AvgIpc) is 3.47. The maximum Gasteiger partial charge on any atom is 0.231 e. The zero-order chi connectivity index (χ0) is 24.2. The third-order valence-electron chi connectivity index (χ3n) is 6.17. The van der Waals surface area contributed by atoms with Crippen LogP contribution in [0.5, 0.6) is 0 Å². The lowest BCUT2D eigenvalue weighted by Gasteiger charge is -2.16. The van der Waals surface area contributed by atoms with Crippen molar-refractivity contribution in [1.82, 2.24) is 24.4 Å². The summed E-state index contributed by atoms with van der Waals surface area (Å²) in [6, 6.07) is 18.3. The van der Waals surface area contributed by atoms with Gasteiger partial charge in [0.05, 0.1) is 6.33 Å². The molecule has 9 heteroatoms. The Morgan fingerprint density at radius 2 is 1.89 bits per heavy atom. The molecule has 180 valence electrons. The number of carbonyl (C=O) groups is 1. The molecular formula is C26H30N8O. The van der Waals surface area contributed by atoms with Crippen LogP contribution in [0, 0.1) is 0 Å². The number of benzene rings is 2. The lowest BCUT2D eigenvalue weighted by molar-refractivity contribution is -0.127. The highest BCUT2D eigenvalue weighted by Gasteiger charge is 2.20. The van der Waals surface area contributed by atoms with Crippen LogP contribution in [-0.2, 0) is 17.9 Å². The molecule has 2 N–H and O–H groups in total. The van der Waals surface area contributed by atoms with E-state index in [2.05, 4.69) is 44.8 Å². The first-order valence-corrected chi connectivity index (χ1v) is 11.9. The Morgan fingerprint density at radius 1 is 1.03 bits per heavy atom. The van der Waals surface area contributed by atoms with Crippen molar-refractivity contribution >= 4 is 40.2 Å². The van der Waals surface area contributed by atoms with Crippen molar-refractivity contribution in [2.24, 2.45) is 0 Å². The van der Waals surface area contributed by atoms with Gasteiger partial charge in [0.2, 0.25) is 11.9 Å². The summed E-state index contributed by atoms with van der Waals surface area (Å²) in [4.78, 5) is 30.2. The normalized spacial score (nSPS) is 13.4. The minimum atomic E-state index is 0.220. The first-order chi connectivity index (χ1) is 17.1. The molecule has 1 aliphatic rings. The smallest absolute Gasteiger partial charge is 0.231 e. The topological polar surface area (TPSA) is 91.2 Å². The van der Waals surface area contributed by atoms with Crippen molar-refractivity contribution in [2.75, 3.05) is 42.7 Å². The molecule has 35 heavy (non-hydrogen) atoms. The number of rotatable bonds is 9. The van der Waals surface area contributed by atoms with Gasteiger partial charge in [-0.3, -0.25) is 4.79 Å². The van der Waals surface area contributed by atoms with Gasteiger partial charge < -0.3 is 25.0 Å². The van der Waals surface area contributed by atoms with Crippen LogP contribution in [0.4, 0.5) is 23.1 Å². The van der Waals surface area contributed by atoms with Gasteiger partial charge in [0.1, 0.15) is 0 Å². The van der Waals surface area contributed by atoms with E-state index in [1.807, 2.05) is 53.9 Å². The van der Waals surface area contributed by atoms with Gasteiger partial charge in [-0.25, -0.2) is 4.98 Å². The van der Waals surface area contributed by atoms with Crippen LogP contribution in [0.3, 0.4) is 0 Å². The van der Waals surface area contributed by atoms with E-state index in [-0.39, 0.29) is 5.91 Å². The number of carbonyl (C=O) groups excluding carboxylic acids is 1. The Bertz CT molecular complexity index is 1320. The molecule has 1 fully saturated rings. The summed E-state index contributed by atoms with van der Waals surface area (Å²) in [5.41, 5.74) is 4.58. The summed E-state index contributed by atoms with van der Waals surface area (Å²) in [6.45, 7) is 2.72. The van der Waals surface area contributed by atoms with E-state index in [4.69, 9.17) is 9.97 Å². The lowest BCUT2D eigenvalue weighted by Crippen LogP contribution is -2.28. The Balaban J connectivity index is 1.45. The molecule has 5 rings (SSSR count). The summed E-state index contributed by atoms with van der Waals surface area (Å²) < 4.78 is 2.00. The van der Waals surface area contributed by atoms with Gasteiger partial charge in [0.25, 0.3) is 0 Å². The molecule has 2 aromatic carbocycles. The number of aromatic nitrogens is 4. The van der Waals surface area contributed by atoms with Gasteiger partial charge in [-0.1, -0.05) is 36.4 Å². The zero-order valence-electron chi connectivity index (χ0n) is 20.1. The number of anilines is 4. The minimum absolute atomic E-state index is 0.220. The van der Waals surface area contributed by atoms with Gasteiger partial charge in [-0.2, -0.15) is 9.97 Å². The van der Waals surface area contributed by atoms with E-state index in [1.54, 1.807) is 6.33 Å². The largest absolute Gasteiger partial charge is 0.378 e.